The predicted octanol–water partition coefficient (Wildman–Crippen LogP) is 2.63. The molecule has 26 heavy (non-hydrogen) atoms. The van der Waals surface area contributed by atoms with Crippen LogP contribution in [-0.4, -0.2) is 38.7 Å². The Balaban J connectivity index is 1.61. The fraction of sp³-hybridized carbons (Fsp3) is 0.263. The highest BCUT2D eigenvalue weighted by molar-refractivity contribution is 6.02. The summed E-state index contributed by atoms with van der Waals surface area (Å²) >= 11 is 0. The molecule has 2 N–H and O–H groups in total. The van der Waals surface area contributed by atoms with Crippen LogP contribution in [-0.2, 0) is 4.79 Å². The largest absolute Gasteiger partial charge is 0.493 e. The van der Waals surface area contributed by atoms with Gasteiger partial charge in [-0.2, -0.15) is 0 Å². The van der Waals surface area contributed by atoms with Crippen LogP contribution in [0.1, 0.15) is 6.42 Å². The van der Waals surface area contributed by atoms with Crippen LogP contribution in [0.15, 0.2) is 48.5 Å². The van der Waals surface area contributed by atoms with Crippen molar-refractivity contribution >= 4 is 23.3 Å². The van der Waals surface area contributed by atoms with Gasteiger partial charge in [-0.1, -0.05) is 18.2 Å². The van der Waals surface area contributed by atoms with Gasteiger partial charge in [-0.15, -0.1) is 0 Å². The van der Waals surface area contributed by atoms with Crippen LogP contribution in [0, 0.1) is 0 Å². The van der Waals surface area contributed by atoms with E-state index in [2.05, 4.69) is 10.6 Å². The molecule has 1 aliphatic heterocycles. The van der Waals surface area contributed by atoms with E-state index < -0.39 is 12.1 Å². The van der Waals surface area contributed by atoms with Gasteiger partial charge < -0.3 is 25.0 Å². The van der Waals surface area contributed by atoms with Crippen molar-refractivity contribution in [3.63, 3.8) is 0 Å². The topological polar surface area (TPSA) is 79.9 Å². The molecule has 7 heteroatoms. The Hall–Kier alpha value is -3.22. The van der Waals surface area contributed by atoms with Gasteiger partial charge in [0.1, 0.15) is 6.04 Å². The second-order valence-corrected chi connectivity index (χ2v) is 5.83. The van der Waals surface area contributed by atoms with Crippen molar-refractivity contribution in [2.45, 2.75) is 12.5 Å². The number of rotatable bonds is 5. The smallest absolute Gasteiger partial charge is 0.319 e. The Morgan fingerprint density at radius 3 is 2.50 bits per heavy atom. The van der Waals surface area contributed by atoms with Crippen molar-refractivity contribution in [2.75, 3.05) is 31.0 Å². The Bertz CT molecular complexity index is 795. The Labute approximate surface area is 151 Å². The number of amides is 3. The molecular formula is C19H21N3O4. The summed E-state index contributed by atoms with van der Waals surface area (Å²) in [5.74, 6) is 0.971. The van der Waals surface area contributed by atoms with Gasteiger partial charge in [-0.3, -0.25) is 4.79 Å². The summed E-state index contributed by atoms with van der Waals surface area (Å²) in [6.07, 6.45) is 0.563. The van der Waals surface area contributed by atoms with E-state index in [-0.39, 0.29) is 5.91 Å². The minimum Gasteiger partial charge on any atom is -0.493 e. The molecule has 0 radical (unpaired) electrons. The molecule has 2 aromatic rings. The average Bonchev–Trinajstić information content (AvgIpc) is 3.02. The van der Waals surface area contributed by atoms with Crippen molar-refractivity contribution in [1.82, 2.24) is 5.32 Å². The molecular weight excluding hydrogens is 334 g/mol. The van der Waals surface area contributed by atoms with Gasteiger partial charge in [-0.25, -0.2) is 4.79 Å². The van der Waals surface area contributed by atoms with Crippen molar-refractivity contribution in [2.24, 2.45) is 0 Å². The third-order valence-corrected chi connectivity index (χ3v) is 4.22. The monoisotopic (exact) mass is 355 g/mol. The summed E-state index contributed by atoms with van der Waals surface area (Å²) in [5.41, 5.74) is 1.38. The quantitative estimate of drug-likeness (QED) is 0.864. The van der Waals surface area contributed by atoms with Crippen LogP contribution < -0.4 is 25.0 Å². The average molecular weight is 355 g/mol. The molecule has 3 rings (SSSR count). The van der Waals surface area contributed by atoms with E-state index in [0.717, 1.165) is 5.69 Å². The first-order chi connectivity index (χ1) is 12.6. The normalized spacial score (nSPS) is 16.3. The number of anilines is 2. The zero-order chi connectivity index (χ0) is 18.5. The van der Waals surface area contributed by atoms with Gasteiger partial charge >= 0.3 is 6.03 Å². The Morgan fingerprint density at radius 1 is 1.08 bits per heavy atom. The van der Waals surface area contributed by atoms with Crippen LogP contribution >= 0.6 is 0 Å². The highest BCUT2D eigenvalue weighted by Crippen LogP contribution is 2.29. The summed E-state index contributed by atoms with van der Waals surface area (Å²) < 4.78 is 10.4. The van der Waals surface area contributed by atoms with E-state index in [0.29, 0.717) is 30.2 Å². The number of para-hydroxylation sites is 1. The highest BCUT2D eigenvalue weighted by Gasteiger charge is 2.33. The first kappa shape index (κ1) is 17.6. The molecule has 2 aromatic carbocycles. The van der Waals surface area contributed by atoms with Crippen molar-refractivity contribution < 1.29 is 19.1 Å². The summed E-state index contributed by atoms with van der Waals surface area (Å²) in [5, 5.41) is 5.44. The summed E-state index contributed by atoms with van der Waals surface area (Å²) in [7, 11) is 3.07. The molecule has 0 bridgehead atoms. The fourth-order valence-electron chi connectivity index (χ4n) is 2.92. The lowest BCUT2D eigenvalue weighted by Crippen LogP contribution is -2.43. The van der Waals surface area contributed by atoms with Crippen LogP contribution in [0.3, 0.4) is 0 Å². The van der Waals surface area contributed by atoms with E-state index in [9.17, 15) is 9.59 Å². The van der Waals surface area contributed by atoms with E-state index in [1.807, 2.05) is 30.3 Å². The maximum absolute atomic E-state index is 12.5. The summed E-state index contributed by atoms with van der Waals surface area (Å²) in [6, 6.07) is 13.5. The number of carbonyl (C=O) groups excluding carboxylic acids is 2. The number of hydrogen-bond acceptors (Lipinski definition) is 4. The lowest BCUT2D eigenvalue weighted by atomic mass is 10.2. The number of benzene rings is 2. The maximum Gasteiger partial charge on any atom is 0.319 e. The number of urea groups is 1. The molecule has 0 aromatic heterocycles. The van der Waals surface area contributed by atoms with Gasteiger partial charge in [0, 0.05) is 24.0 Å². The van der Waals surface area contributed by atoms with E-state index in [1.165, 1.54) is 7.11 Å². The number of nitrogens with one attached hydrogen (secondary N) is 2. The number of methoxy groups -OCH3 is 2. The van der Waals surface area contributed by atoms with E-state index in [1.54, 1.807) is 30.2 Å². The zero-order valence-electron chi connectivity index (χ0n) is 14.7. The van der Waals surface area contributed by atoms with E-state index >= 15 is 0 Å². The summed E-state index contributed by atoms with van der Waals surface area (Å²) in [6.45, 7) is 0.574. The molecule has 7 nitrogen and oxygen atoms in total. The van der Waals surface area contributed by atoms with E-state index in [4.69, 9.17) is 9.47 Å². The fourth-order valence-corrected chi connectivity index (χ4v) is 2.92. The van der Waals surface area contributed by atoms with Gasteiger partial charge in [-0.05, 0) is 30.7 Å². The highest BCUT2D eigenvalue weighted by atomic mass is 16.5. The second kappa shape index (κ2) is 7.77. The molecule has 1 heterocycles. The minimum atomic E-state index is -0.546. The van der Waals surface area contributed by atoms with Gasteiger partial charge in [0.2, 0.25) is 5.91 Å². The lowest BCUT2D eigenvalue weighted by Gasteiger charge is -2.17. The van der Waals surface area contributed by atoms with Crippen LogP contribution in [0.4, 0.5) is 16.2 Å². The number of nitrogens with zero attached hydrogens (tertiary/aromatic N) is 1. The third-order valence-electron chi connectivity index (χ3n) is 4.22. The van der Waals surface area contributed by atoms with Crippen LogP contribution in [0.5, 0.6) is 11.5 Å². The standard InChI is InChI=1S/C19H21N3O4/c1-25-16-9-8-13(12-17(16)26-2)20-19(24)21-15-10-11-22(18(15)23)14-6-4-3-5-7-14/h3-9,12,15H,10-11H2,1-2H3,(H2,20,21,24)/t15-/m0/s1. The molecule has 0 unspecified atom stereocenters. The SMILES string of the molecule is COc1ccc(NC(=O)N[C@H]2CCN(c3ccccc3)C2=O)cc1OC. The Morgan fingerprint density at radius 2 is 1.81 bits per heavy atom. The van der Waals surface area contributed by atoms with Crippen LogP contribution in [0.2, 0.25) is 0 Å². The molecule has 1 saturated heterocycles. The lowest BCUT2D eigenvalue weighted by molar-refractivity contribution is -0.118. The minimum absolute atomic E-state index is 0.112. The number of carbonyl (C=O) groups is 2. The predicted molar refractivity (Wildman–Crippen MR) is 98.9 cm³/mol. The van der Waals surface area contributed by atoms with Crippen LogP contribution in [0.25, 0.3) is 0 Å². The number of hydrogen-bond donors (Lipinski definition) is 2. The third kappa shape index (κ3) is 3.72. The molecule has 0 spiro atoms. The molecule has 0 aliphatic carbocycles. The maximum atomic E-state index is 12.5. The molecule has 136 valence electrons. The van der Waals surface area contributed by atoms with Gasteiger partial charge in [0.05, 0.1) is 14.2 Å². The van der Waals surface area contributed by atoms with Gasteiger partial charge in [0.25, 0.3) is 0 Å². The first-order valence-electron chi connectivity index (χ1n) is 8.28. The van der Waals surface area contributed by atoms with Crippen molar-refractivity contribution in [3.05, 3.63) is 48.5 Å². The summed E-state index contributed by atoms with van der Waals surface area (Å²) in [4.78, 5) is 26.5. The molecule has 1 atom stereocenters. The molecule has 3 amide bonds. The molecule has 1 aliphatic rings. The second-order valence-electron chi connectivity index (χ2n) is 5.83. The Kier molecular flexibility index (Phi) is 5.26. The number of ether oxygens (including phenoxy) is 2. The molecule has 1 fully saturated rings. The molecule has 0 saturated carbocycles. The van der Waals surface area contributed by atoms with Crippen molar-refractivity contribution in [1.29, 1.82) is 0 Å². The van der Waals surface area contributed by atoms with Gasteiger partial charge in [0.15, 0.2) is 11.5 Å². The first-order valence-corrected chi connectivity index (χ1v) is 8.28. The zero-order valence-corrected chi connectivity index (χ0v) is 14.7. The van der Waals surface area contributed by atoms with Crippen molar-refractivity contribution in [3.8, 4) is 11.5 Å².